The van der Waals surface area contributed by atoms with Crippen molar-refractivity contribution < 1.29 is 9.90 Å². The fraction of sp³-hybridized carbons (Fsp3) is 0.182. The zero-order chi connectivity index (χ0) is 10.4. The molecule has 0 saturated heterocycles. The van der Waals surface area contributed by atoms with Crippen molar-refractivity contribution >= 4 is 34.6 Å². The van der Waals surface area contributed by atoms with Crippen molar-refractivity contribution in [2.24, 2.45) is 0 Å². The fourth-order valence-electron chi connectivity index (χ4n) is 1.13. The summed E-state index contributed by atoms with van der Waals surface area (Å²) in [5.41, 5.74) is 2.18. The van der Waals surface area contributed by atoms with Crippen LogP contribution in [0.25, 0.3) is 6.08 Å². The van der Waals surface area contributed by atoms with Gasteiger partial charge in [-0.05, 0) is 23.6 Å². The van der Waals surface area contributed by atoms with E-state index in [0.717, 1.165) is 22.5 Å². The zero-order valence-corrected chi connectivity index (χ0v) is 9.77. The number of hydrogen-bond donors (Lipinski definition) is 1. The maximum absolute atomic E-state index is 10.3. The highest BCUT2D eigenvalue weighted by molar-refractivity contribution is 14.1. The first-order chi connectivity index (χ1) is 6.72. The minimum Gasteiger partial charge on any atom is -0.478 e. The molecule has 0 radical (unpaired) electrons. The molecule has 74 valence electrons. The lowest BCUT2D eigenvalue weighted by Gasteiger charge is -1.98. The van der Waals surface area contributed by atoms with E-state index in [1.165, 1.54) is 5.56 Å². The molecule has 0 aromatic heterocycles. The normalized spacial score (nSPS) is 10.6. The Morgan fingerprint density at radius 2 is 2.29 bits per heavy atom. The van der Waals surface area contributed by atoms with E-state index in [4.69, 9.17) is 5.11 Å². The summed E-state index contributed by atoms with van der Waals surface area (Å²) >= 11 is 2.32. The van der Waals surface area contributed by atoms with E-state index >= 15 is 0 Å². The van der Waals surface area contributed by atoms with Crippen LogP contribution in [0.1, 0.15) is 11.1 Å². The van der Waals surface area contributed by atoms with Crippen LogP contribution in [-0.4, -0.2) is 15.5 Å². The van der Waals surface area contributed by atoms with Gasteiger partial charge in [0.2, 0.25) is 0 Å². The first-order valence-corrected chi connectivity index (χ1v) is 5.81. The van der Waals surface area contributed by atoms with Crippen molar-refractivity contribution in [3.8, 4) is 0 Å². The number of hydrogen-bond acceptors (Lipinski definition) is 1. The number of aliphatic carboxylic acids is 1. The average molecular weight is 302 g/mol. The van der Waals surface area contributed by atoms with Crippen LogP contribution in [0.4, 0.5) is 0 Å². The third-order valence-electron chi connectivity index (χ3n) is 1.75. The topological polar surface area (TPSA) is 37.3 Å². The standard InChI is InChI=1S/C11H11IO2/c12-7-6-10-3-1-2-9(8-10)4-5-11(13)14/h1-5,8H,6-7H2,(H,13,14). The van der Waals surface area contributed by atoms with Crippen molar-refractivity contribution in [3.63, 3.8) is 0 Å². The van der Waals surface area contributed by atoms with Gasteiger partial charge in [-0.3, -0.25) is 0 Å². The van der Waals surface area contributed by atoms with Crippen LogP contribution in [0.3, 0.4) is 0 Å². The Morgan fingerprint density at radius 1 is 1.50 bits per heavy atom. The molecule has 0 aliphatic heterocycles. The van der Waals surface area contributed by atoms with E-state index in [1.54, 1.807) is 6.08 Å². The van der Waals surface area contributed by atoms with E-state index < -0.39 is 5.97 Å². The number of carboxylic acid groups (broad SMARTS) is 1. The largest absolute Gasteiger partial charge is 0.478 e. The lowest BCUT2D eigenvalue weighted by Crippen LogP contribution is -1.88. The molecule has 0 unspecified atom stereocenters. The molecule has 0 atom stereocenters. The van der Waals surface area contributed by atoms with Crippen LogP contribution in [-0.2, 0) is 11.2 Å². The number of benzene rings is 1. The molecule has 0 amide bonds. The van der Waals surface area contributed by atoms with Crippen LogP contribution in [0.5, 0.6) is 0 Å². The maximum Gasteiger partial charge on any atom is 0.328 e. The first-order valence-electron chi connectivity index (χ1n) is 4.28. The number of aryl methyl sites for hydroxylation is 1. The van der Waals surface area contributed by atoms with Crippen molar-refractivity contribution in [1.29, 1.82) is 0 Å². The molecule has 0 heterocycles. The maximum atomic E-state index is 10.3. The van der Waals surface area contributed by atoms with Gasteiger partial charge in [0.25, 0.3) is 0 Å². The van der Waals surface area contributed by atoms with Crippen LogP contribution in [0, 0.1) is 0 Å². The van der Waals surface area contributed by atoms with Crippen molar-refractivity contribution in [3.05, 3.63) is 41.5 Å². The summed E-state index contributed by atoms with van der Waals surface area (Å²) in [5, 5.41) is 8.46. The number of carboxylic acids is 1. The molecule has 1 aromatic carbocycles. The second-order valence-corrected chi connectivity index (χ2v) is 3.93. The molecule has 3 heteroatoms. The Labute approximate surface area is 96.8 Å². The minimum atomic E-state index is -0.913. The van der Waals surface area contributed by atoms with E-state index in [0.29, 0.717) is 0 Å². The van der Waals surface area contributed by atoms with Gasteiger partial charge in [0, 0.05) is 10.5 Å². The molecular formula is C11H11IO2. The number of carbonyl (C=O) groups is 1. The van der Waals surface area contributed by atoms with Gasteiger partial charge >= 0.3 is 5.97 Å². The van der Waals surface area contributed by atoms with Crippen LogP contribution in [0.15, 0.2) is 30.3 Å². The van der Waals surface area contributed by atoms with Gasteiger partial charge in [-0.25, -0.2) is 4.79 Å². The van der Waals surface area contributed by atoms with Crippen molar-refractivity contribution in [1.82, 2.24) is 0 Å². The Kier molecular flexibility index (Phi) is 4.65. The number of rotatable bonds is 4. The van der Waals surface area contributed by atoms with Gasteiger partial charge in [-0.2, -0.15) is 0 Å². The van der Waals surface area contributed by atoms with Gasteiger partial charge in [0.1, 0.15) is 0 Å². The Morgan fingerprint density at radius 3 is 2.93 bits per heavy atom. The average Bonchev–Trinajstić information content (AvgIpc) is 2.16. The van der Waals surface area contributed by atoms with E-state index in [-0.39, 0.29) is 0 Å². The van der Waals surface area contributed by atoms with Crippen molar-refractivity contribution in [2.45, 2.75) is 6.42 Å². The summed E-state index contributed by atoms with van der Waals surface area (Å²) in [6, 6.07) is 7.91. The van der Waals surface area contributed by atoms with Gasteiger partial charge in [0.05, 0.1) is 0 Å². The highest BCUT2D eigenvalue weighted by Gasteiger charge is 1.93. The molecule has 0 aliphatic rings. The van der Waals surface area contributed by atoms with Crippen LogP contribution in [0.2, 0.25) is 0 Å². The molecule has 1 aromatic rings. The monoisotopic (exact) mass is 302 g/mol. The summed E-state index contributed by atoms with van der Waals surface area (Å²) < 4.78 is 1.07. The summed E-state index contributed by atoms with van der Waals surface area (Å²) in [6.45, 7) is 0. The molecule has 0 saturated carbocycles. The Bertz CT molecular complexity index is 345. The summed E-state index contributed by atoms with van der Waals surface area (Å²) in [6.07, 6.45) is 3.79. The SMILES string of the molecule is O=C(O)C=Cc1cccc(CCI)c1. The molecule has 2 nitrogen and oxygen atoms in total. The third kappa shape index (κ3) is 3.91. The van der Waals surface area contributed by atoms with E-state index in [2.05, 4.69) is 28.7 Å². The highest BCUT2D eigenvalue weighted by atomic mass is 127. The highest BCUT2D eigenvalue weighted by Crippen LogP contribution is 2.08. The number of halogens is 1. The van der Waals surface area contributed by atoms with Gasteiger partial charge in [0.15, 0.2) is 0 Å². The second-order valence-electron chi connectivity index (χ2n) is 2.86. The number of alkyl halides is 1. The molecule has 1 N–H and O–H groups in total. The lowest BCUT2D eigenvalue weighted by atomic mass is 10.1. The molecule has 0 fully saturated rings. The minimum absolute atomic E-state index is 0.913. The predicted octanol–water partition coefficient (Wildman–Crippen LogP) is 2.76. The lowest BCUT2D eigenvalue weighted by molar-refractivity contribution is -0.131. The summed E-state index contributed by atoms with van der Waals surface area (Å²) in [5.74, 6) is -0.913. The van der Waals surface area contributed by atoms with Crippen molar-refractivity contribution in [2.75, 3.05) is 4.43 Å². The van der Waals surface area contributed by atoms with Gasteiger partial charge in [-0.1, -0.05) is 46.9 Å². The molecule has 0 spiro atoms. The second kappa shape index (κ2) is 5.80. The molecular weight excluding hydrogens is 291 g/mol. The summed E-state index contributed by atoms with van der Waals surface area (Å²) in [7, 11) is 0. The van der Waals surface area contributed by atoms with E-state index in [1.807, 2.05) is 18.2 Å². The van der Waals surface area contributed by atoms with Gasteiger partial charge < -0.3 is 5.11 Å². The Balaban J connectivity index is 2.77. The molecule has 0 bridgehead atoms. The fourth-order valence-corrected chi connectivity index (χ4v) is 1.75. The molecule has 14 heavy (non-hydrogen) atoms. The van der Waals surface area contributed by atoms with Gasteiger partial charge in [-0.15, -0.1) is 0 Å². The zero-order valence-electron chi connectivity index (χ0n) is 7.61. The van der Waals surface area contributed by atoms with E-state index in [9.17, 15) is 4.79 Å². The third-order valence-corrected chi connectivity index (χ3v) is 2.29. The summed E-state index contributed by atoms with van der Waals surface area (Å²) in [4.78, 5) is 10.3. The van der Waals surface area contributed by atoms with Crippen LogP contribution >= 0.6 is 22.6 Å². The first kappa shape index (κ1) is 11.2. The predicted molar refractivity (Wildman–Crippen MR) is 65.7 cm³/mol. The Hall–Kier alpha value is -0.840. The van der Waals surface area contributed by atoms with Crippen LogP contribution < -0.4 is 0 Å². The molecule has 1 rings (SSSR count). The molecule has 0 aliphatic carbocycles. The quantitative estimate of drug-likeness (QED) is 0.527. The smallest absolute Gasteiger partial charge is 0.328 e.